The largest absolute Gasteiger partial charge is 0.497 e. The van der Waals surface area contributed by atoms with E-state index in [1.54, 1.807) is 7.11 Å². The number of ether oxygens (including phenoxy) is 1. The molecule has 0 bridgehead atoms. The van der Waals surface area contributed by atoms with Crippen molar-refractivity contribution >= 4 is 33.7 Å². The van der Waals surface area contributed by atoms with Crippen molar-refractivity contribution in [2.75, 3.05) is 30.4 Å². The molecule has 1 fully saturated rings. The van der Waals surface area contributed by atoms with Crippen LogP contribution in [0.5, 0.6) is 5.75 Å². The quantitative estimate of drug-likeness (QED) is 0.346. The van der Waals surface area contributed by atoms with Crippen molar-refractivity contribution in [3.8, 4) is 17.1 Å². The number of ketones is 1. The molecule has 0 radical (unpaired) electrons. The zero-order valence-corrected chi connectivity index (χ0v) is 19.6. The van der Waals surface area contributed by atoms with Crippen LogP contribution in [-0.2, 0) is 0 Å². The summed E-state index contributed by atoms with van der Waals surface area (Å²) in [6.07, 6.45) is 1.21. The minimum absolute atomic E-state index is 0.0146. The Hall–Kier alpha value is -3.80. The highest BCUT2D eigenvalue weighted by molar-refractivity contribution is 6.28. The minimum Gasteiger partial charge on any atom is -0.497 e. The van der Waals surface area contributed by atoms with Gasteiger partial charge in [-0.1, -0.05) is 43.3 Å². The molecule has 0 spiro atoms. The van der Waals surface area contributed by atoms with Gasteiger partial charge in [0, 0.05) is 29.9 Å². The Morgan fingerprint density at radius 1 is 1.03 bits per heavy atom. The van der Waals surface area contributed by atoms with Crippen molar-refractivity contribution in [2.24, 2.45) is 11.8 Å². The fourth-order valence-electron chi connectivity index (χ4n) is 5.57. The Bertz CT molecular complexity index is 1400. The summed E-state index contributed by atoms with van der Waals surface area (Å²) in [7, 11) is 1.65. The number of anilines is 3. The highest BCUT2D eigenvalue weighted by atomic mass is 16.5. The maximum atomic E-state index is 13.8. The molecule has 172 valence electrons. The first-order valence-corrected chi connectivity index (χ1v) is 11.8. The fourth-order valence-corrected chi connectivity index (χ4v) is 5.57. The Kier molecular flexibility index (Phi) is 4.83. The van der Waals surface area contributed by atoms with Crippen molar-refractivity contribution in [3.63, 3.8) is 0 Å². The van der Waals surface area contributed by atoms with E-state index in [9.17, 15) is 4.79 Å². The van der Waals surface area contributed by atoms with Crippen LogP contribution in [0, 0.1) is 11.8 Å². The SMILES string of the molecule is COc1ccc(Nc2cc(N3C[C@H](C)C[C@@H](C)C3)c3noc4c3c2C(=O)c2ccccc2-4)cc1. The van der Waals surface area contributed by atoms with E-state index in [2.05, 4.69) is 35.3 Å². The van der Waals surface area contributed by atoms with Crippen LogP contribution in [0.4, 0.5) is 17.1 Å². The van der Waals surface area contributed by atoms with Crippen molar-refractivity contribution < 1.29 is 14.1 Å². The van der Waals surface area contributed by atoms with Gasteiger partial charge in [0.15, 0.2) is 11.5 Å². The summed E-state index contributed by atoms with van der Waals surface area (Å²) in [5.41, 5.74) is 5.47. The van der Waals surface area contributed by atoms with Crippen molar-refractivity contribution in [3.05, 3.63) is 65.7 Å². The van der Waals surface area contributed by atoms with Crippen LogP contribution in [0.2, 0.25) is 0 Å². The molecule has 2 aliphatic rings. The molecular weight excluding hydrogens is 426 g/mol. The molecule has 2 atom stereocenters. The van der Waals surface area contributed by atoms with Gasteiger partial charge in [0.25, 0.3) is 0 Å². The first kappa shape index (κ1) is 20.8. The smallest absolute Gasteiger partial charge is 0.196 e. The van der Waals surface area contributed by atoms with E-state index in [1.807, 2.05) is 48.5 Å². The van der Waals surface area contributed by atoms with E-state index in [0.717, 1.165) is 52.4 Å². The van der Waals surface area contributed by atoms with Crippen LogP contribution in [0.25, 0.3) is 22.2 Å². The molecule has 0 unspecified atom stereocenters. The molecule has 4 aromatic rings. The maximum absolute atomic E-state index is 13.8. The number of aromatic nitrogens is 1. The molecule has 2 heterocycles. The molecule has 1 aliphatic carbocycles. The van der Waals surface area contributed by atoms with Crippen molar-refractivity contribution in [1.29, 1.82) is 0 Å². The second-order valence-corrected chi connectivity index (χ2v) is 9.63. The summed E-state index contributed by atoms with van der Waals surface area (Å²) in [4.78, 5) is 16.1. The third-order valence-corrected chi connectivity index (χ3v) is 6.96. The number of nitrogens with one attached hydrogen (secondary N) is 1. The van der Waals surface area contributed by atoms with Crippen LogP contribution >= 0.6 is 0 Å². The molecule has 1 saturated heterocycles. The molecule has 1 aliphatic heterocycles. The molecule has 6 rings (SSSR count). The number of benzene rings is 3. The lowest BCUT2D eigenvalue weighted by atomic mass is 9.85. The van der Waals surface area contributed by atoms with Crippen LogP contribution in [-0.4, -0.2) is 31.1 Å². The summed E-state index contributed by atoms with van der Waals surface area (Å²) in [5.74, 6) is 2.60. The number of carbonyl (C=O) groups is 1. The number of hydrogen-bond donors (Lipinski definition) is 1. The lowest BCUT2D eigenvalue weighted by Crippen LogP contribution is -2.39. The number of methoxy groups -OCH3 is 1. The monoisotopic (exact) mass is 453 g/mol. The van der Waals surface area contributed by atoms with E-state index in [4.69, 9.17) is 9.26 Å². The normalized spacial score (nSPS) is 19.3. The van der Waals surface area contributed by atoms with Gasteiger partial charge < -0.3 is 19.5 Å². The Balaban J connectivity index is 1.57. The Morgan fingerprint density at radius 2 is 1.74 bits per heavy atom. The van der Waals surface area contributed by atoms with E-state index in [1.165, 1.54) is 6.42 Å². The van der Waals surface area contributed by atoms with Gasteiger partial charge >= 0.3 is 0 Å². The standard InChI is InChI=1S/C28H27N3O3/c1-16-12-17(2)15-31(14-16)23-13-22(29-18-8-10-19(33-3)11-9-18)24-25-26(23)30-34-28(25)21-7-5-4-6-20(21)27(24)32/h4-11,13,16-17,29H,12,14-15H2,1-3H3/t16-,17-/m1/s1. The Labute approximate surface area is 198 Å². The second-order valence-electron chi connectivity index (χ2n) is 9.63. The maximum Gasteiger partial charge on any atom is 0.196 e. The molecule has 1 N–H and O–H groups in total. The molecule has 34 heavy (non-hydrogen) atoms. The second kappa shape index (κ2) is 7.90. The summed E-state index contributed by atoms with van der Waals surface area (Å²) >= 11 is 0. The van der Waals surface area contributed by atoms with Crippen LogP contribution in [0.1, 0.15) is 36.2 Å². The number of hydrogen-bond acceptors (Lipinski definition) is 6. The number of fused-ring (bicyclic) bond motifs is 2. The van der Waals surface area contributed by atoms with Crippen LogP contribution in [0.15, 0.2) is 59.1 Å². The third kappa shape index (κ3) is 3.24. The van der Waals surface area contributed by atoms with Gasteiger partial charge in [-0.25, -0.2) is 0 Å². The van der Waals surface area contributed by atoms with Gasteiger partial charge in [0.05, 0.1) is 29.4 Å². The van der Waals surface area contributed by atoms with E-state index in [-0.39, 0.29) is 5.78 Å². The average Bonchev–Trinajstić information content (AvgIpc) is 3.28. The summed E-state index contributed by atoms with van der Waals surface area (Å²) in [6, 6.07) is 17.4. The van der Waals surface area contributed by atoms with Gasteiger partial charge in [0.2, 0.25) is 0 Å². The van der Waals surface area contributed by atoms with Crippen LogP contribution < -0.4 is 15.0 Å². The summed E-state index contributed by atoms with van der Waals surface area (Å²) in [6.45, 7) is 6.49. The predicted octanol–water partition coefficient (Wildman–Crippen LogP) is 6.27. The molecule has 0 amide bonds. The highest BCUT2D eigenvalue weighted by Crippen LogP contribution is 2.47. The van der Waals surface area contributed by atoms with Crippen molar-refractivity contribution in [1.82, 2.24) is 5.16 Å². The molecule has 6 nitrogen and oxygen atoms in total. The zero-order chi connectivity index (χ0) is 23.4. The van der Waals surface area contributed by atoms with Gasteiger partial charge in [-0.05, 0) is 48.6 Å². The first-order chi connectivity index (χ1) is 16.5. The molecule has 3 aromatic carbocycles. The van der Waals surface area contributed by atoms with Crippen LogP contribution in [0.3, 0.4) is 0 Å². The number of rotatable bonds is 4. The summed E-state index contributed by atoms with van der Waals surface area (Å²) in [5, 5.41) is 8.81. The molecule has 1 aromatic heterocycles. The lowest BCUT2D eigenvalue weighted by Gasteiger charge is -2.37. The average molecular weight is 454 g/mol. The fraction of sp³-hybridized carbons (Fsp3) is 0.286. The molecule has 0 saturated carbocycles. The Morgan fingerprint density at radius 3 is 2.44 bits per heavy atom. The zero-order valence-electron chi connectivity index (χ0n) is 19.6. The number of nitrogens with zero attached hydrogens (tertiary/aromatic N) is 2. The minimum atomic E-state index is -0.0146. The number of carbonyl (C=O) groups excluding carboxylic acids is 1. The van der Waals surface area contributed by atoms with Gasteiger partial charge in [-0.15, -0.1) is 0 Å². The lowest BCUT2D eigenvalue weighted by molar-refractivity contribution is 0.104. The van der Waals surface area contributed by atoms with Gasteiger partial charge in [-0.2, -0.15) is 0 Å². The number of piperidine rings is 1. The van der Waals surface area contributed by atoms with E-state index in [0.29, 0.717) is 28.7 Å². The van der Waals surface area contributed by atoms with Gasteiger partial charge in [0.1, 0.15) is 11.3 Å². The first-order valence-electron chi connectivity index (χ1n) is 11.8. The third-order valence-electron chi connectivity index (χ3n) is 6.96. The van der Waals surface area contributed by atoms with E-state index >= 15 is 0 Å². The van der Waals surface area contributed by atoms with Crippen molar-refractivity contribution in [2.45, 2.75) is 20.3 Å². The van der Waals surface area contributed by atoms with Gasteiger partial charge in [-0.3, -0.25) is 4.79 Å². The highest BCUT2D eigenvalue weighted by Gasteiger charge is 2.34. The molecular formula is C28H27N3O3. The topological polar surface area (TPSA) is 67.6 Å². The molecule has 6 heteroatoms. The van der Waals surface area contributed by atoms with E-state index < -0.39 is 0 Å². The predicted molar refractivity (Wildman–Crippen MR) is 134 cm³/mol. The summed E-state index contributed by atoms with van der Waals surface area (Å²) < 4.78 is 11.2.